The lowest BCUT2D eigenvalue weighted by Crippen LogP contribution is -2.17. The molecule has 0 rings (SSSR count). The molecule has 0 saturated heterocycles. The monoisotopic (exact) mass is 283 g/mol. The molecule has 0 aliphatic rings. The fraction of sp³-hybridized carbons (Fsp3) is 0.889. The highest BCUT2D eigenvalue weighted by Gasteiger charge is 1.95. The largest absolute Gasteiger partial charge is 0.379 e. The first kappa shape index (κ1) is 19.7. The summed E-state index contributed by atoms with van der Waals surface area (Å²) in [5.41, 5.74) is 5.30. The first-order chi connectivity index (χ1) is 9.77. The molecule has 0 unspecified atom stereocenters. The predicted octanol–water partition coefficient (Wildman–Crippen LogP) is 5.30. The Kier molecular flexibility index (Phi) is 16.4. The lowest BCUT2D eigenvalue weighted by molar-refractivity contribution is 0.168. The number of hydrogen-bond acceptors (Lipinski definition) is 2. The van der Waals surface area contributed by atoms with Crippen molar-refractivity contribution < 1.29 is 5.11 Å². The Balaban J connectivity index is 3.03. The Morgan fingerprint density at radius 3 is 1.70 bits per heavy atom. The van der Waals surface area contributed by atoms with E-state index < -0.39 is 6.23 Å². The summed E-state index contributed by atoms with van der Waals surface area (Å²) in [7, 11) is 0. The van der Waals surface area contributed by atoms with Crippen molar-refractivity contribution in [1.82, 2.24) is 0 Å². The summed E-state index contributed by atoms with van der Waals surface area (Å²) in [6.45, 7) is 2.26. The van der Waals surface area contributed by atoms with Crippen molar-refractivity contribution in [1.29, 1.82) is 0 Å². The number of aliphatic hydroxyl groups excluding tert-OH is 1. The fourth-order valence-corrected chi connectivity index (χ4v) is 2.42. The van der Waals surface area contributed by atoms with Gasteiger partial charge in [0, 0.05) is 0 Å². The third-order valence-electron chi connectivity index (χ3n) is 3.76. The third kappa shape index (κ3) is 17.7. The Morgan fingerprint density at radius 2 is 1.20 bits per heavy atom. The van der Waals surface area contributed by atoms with Gasteiger partial charge in [-0.15, -0.1) is 0 Å². The molecule has 20 heavy (non-hydrogen) atoms. The molecule has 2 heteroatoms. The van der Waals surface area contributed by atoms with Gasteiger partial charge in [-0.1, -0.05) is 70.4 Å². The quantitative estimate of drug-likeness (QED) is 0.243. The average molecular weight is 283 g/mol. The summed E-state index contributed by atoms with van der Waals surface area (Å²) in [5, 5.41) is 8.93. The fourth-order valence-electron chi connectivity index (χ4n) is 2.42. The minimum atomic E-state index is -0.608. The van der Waals surface area contributed by atoms with Crippen LogP contribution in [0.25, 0.3) is 0 Å². The van der Waals surface area contributed by atoms with Crippen LogP contribution in [-0.2, 0) is 0 Å². The molecule has 3 N–H and O–H groups in total. The van der Waals surface area contributed by atoms with Crippen LogP contribution in [0.2, 0.25) is 0 Å². The summed E-state index contributed by atoms with van der Waals surface area (Å²) >= 11 is 0. The molecule has 0 aromatic carbocycles. The zero-order valence-corrected chi connectivity index (χ0v) is 13.7. The molecular weight excluding hydrogens is 246 g/mol. The van der Waals surface area contributed by atoms with Gasteiger partial charge < -0.3 is 10.8 Å². The van der Waals surface area contributed by atoms with Crippen molar-refractivity contribution in [3.63, 3.8) is 0 Å². The van der Waals surface area contributed by atoms with E-state index in [2.05, 4.69) is 19.1 Å². The van der Waals surface area contributed by atoms with Crippen molar-refractivity contribution in [2.24, 2.45) is 5.73 Å². The first-order valence-corrected chi connectivity index (χ1v) is 8.86. The highest BCUT2D eigenvalue weighted by molar-refractivity contribution is 4.81. The summed E-state index contributed by atoms with van der Waals surface area (Å²) < 4.78 is 0. The molecular formula is C18H37NO. The number of hydrogen-bond donors (Lipinski definition) is 2. The standard InChI is InChI=1S/C18H37NO/c1-2-3-4-5-6-7-8-9-10-11-12-13-14-15-16-17-18(19)20/h7-8,18,20H,2-6,9-17,19H2,1H3/b8-7-/t18-/m1/s1. The molecule has 120 valence electrons. The zero-order valence-electron chi connectivity index (χ0n) is 13.7. The Hall–Kier alpha value is -0.340. The Morgan fingerprint density at radius 1 is 0.750 bits per heavy atom. The van der Waals surface area contributed by atoms with Crippen molar-refractivity contribution in [2.45, 2.75) is 103 Å². The van der Waals surface area contributed by atoms with Crippen molar-refractivity contribution in [3.05, 3.63) is 12.2 Å². The van der Waals surface area contributed by atoms with E-state index in [-0.39, 0.29) is 0 Å². The smallest absolute Gasteiger partial charge is 0.102 e. The normalized spacial score (nSPS) is 13.2. The topological polar surface area (TPSA) is 46.2 Å². The number of nitrogens with two attached hydrogens (primary N) is 1. The summed E-state index contributed by atoms with van der Waals surface area (Å²) in [6.07, 6.45) is 21.8. The van der Waals surface area contributed by atoms with Crippen LogP contribution in [-0.4, -0.2) is 11.3 Å². The van der Waals surface area contributed by atoms with Gasteiger partial charge in [-0.3, -0.25) is 0 Å². The van der Waals surface area contributed by atoms with Crippen LogP contribution in [0, 0.1) is 0 Å². The van der Waals surface area contributed by atoms with E-state index in [4.69, 9.17) is 10.8 Å². The molecule has 0 aromatic rings. The van der Waals surface area contributed by atoms with Crippen molar-refractivity contribution in [3.8, 4) is 0 Å². The van der Waals surface area contributed by atoms with Crippen LogP contribution in [0.15, 0.2) is 12.2 Å². The third-order valence-corrected chi connectivity index (χ3v) is 3.76. The van der Waals surface area contributed by atoms with Gasteiger partial charge in [0.2, 0.25) is 0 Å². The van der Waals surface area contributed by atoms with Gasteiger partial charge in [0.25, 0.3) is 0 Å². The van der Waals surface area contributed by atoms with Gasteiger partial charge in [0.15, 0.2) is 0 Å². The number of aliphatic hydroxyl groups is 1. The SMILES string of the molecule is CCCCCC/C=C\CCCCCCCCC[C@H](N)O. The highest BCUT2D eigenvalue weighted by Crippen LogP contribution is 2.10. The minimum absolute atomic E-state index is 0.608. The van der Waals surface area contributed by atoms with E-state index in [0.29, 0.717) is 0 Å². The van der Waals surface area contributed by atoms with Gasteiger partial charge in [0.05, 0.1) is 0 Å². The Bertz CT molecular complexity index is 202. The molecule has 0 spiro atoms. The van der Waals surface area contributed by atoms with Crippen LogP contribution in [0.3, 0.4) is 0 Å². The maximum atomic E-state index is 8.93. The van der Waals surface area contributed by atoms with E-state index in [9.17, 15) is 0 Å². The molecule has 0 fully saturated rings. The highest BCUT2D eigenvalue weighted by atomic mass is 16.3. The van der Waals surface area contributed by atoms with Crippen molar-refractivity contribution in [2.75, 3.05) is 0 Å². The molecule has 0 aliphatic heterocycles. The van der Waals surface area contributed by atoms with Gasteiger partial charge in [-0.05, 0) is 38.5 Å². The first-order valence-electron chi connectivity index (χ1n) is 8.86. The lowest BCUT2D eigenvalue weighted by Gasteiger charge is -2.03. The molecule has 2 nitrogen and oxygen atoms in total. The second-order valence-corrected chi connectivity index (χ2v) is 5.94. The van der Waals surface area contributed by atoms with E-state index in [1.807, 2.05) is 0 Å². The number of unbranched alkanes of at least 4 members (excludes halogenated alkanes) is 11. The maximum absolute atomic E-state index is 8.93. The summed E-state index contributed by atoms with van der Waals surface area (Å²) in [4.78, 5) is 0. The van der Waals surface area contributed by atoms with Gasteiger partial charge in [-0.25, -0.2) is 0 Å². The average Bonchev–Trinajstić information content (AvgIpc) is 2.43. The molecule has 1 atom stereocenters. The van der Waals surface area contributed by atoms with Crippen LogP contribution < -0.4 is 5.73 Å². The molecule has 0 heterocycles. The molecule has 0 radical (unpaired) electrons. The zero-order chi connectivity index (χ0) is 14.9. The number of allylic oxidation sites excluding steroid dienone is 2. The maximum Gasteiger partial charge on any atom is 0.102 e. The van der Waals surface area contributed by atoms with Crippen LogP contribution >= 0.6 is 0 Å². The van der Waals surface area contributed by atoms with Gasteiger partial charge in [0.1, 0.15) is 6.23 Å². The Labute approximate surface area is 126 Å². The van der Waals surface area contributed by atoms with Crippen LogP contribution in [0.4, 0.5) is 0 Å². The van der Waals surface area contributed by atoms with E-state index >= 15 is 0 Å². The van der Waals surface area contributed by atoms with E-state index in [1.54, 1.807) is 0 Å². The summed E-state index contributed by atoms with van der Waals surface area (Å²) in [5.74, 6) is 0. The van der Waals surface area contributed by atoms with E-state index in [1.165, 1.54) is 77.0 Å². The second-order valence-electron chi connectivity index (χ2n) is 5.94. The molecule has 0 saturated carbocycles. The lowest BCUT2D eigenvalue weighted by atomic mass is 10.1. The van der Waals surface area contributed by atoms with Crippen LogP contribution in [0.1, 0.15) is 96.8 Å². The van der Waals surface area contributed by atoms with Gasteiger partial charge >= 0.3 is 0 Å². The number of rotatable bonds is 15. The van der Waals surface area contributed by atoms with Crippen molar-refractivity contribution >= 4 is 0 Å². The predicted molar refractivity (Wildman–Crippen MR) is 89.6 cm³/mol. The molecule has 0 aliphatic carbocycles. The summed E-state index contributed by atoms with van der Waals surface area (Å²) in [6, 6.07) is 0. The second kappa shape index (κ2) is 16.7. The minimum Gasteiger partial charge on any atom is -0.379 e. The molecule has 0 amide bonds. The van der Waals surface area contributed by atoms with Crippen LogP contribution in [0.5, 0.6) is 0 Å². The van der Waals surface area contributed by atoms with E-state index in [0.717, 1.165) is 12.8 Å². The van der Waals surface area contributed by atoms with Gasteiger partial charge in [-0.2, -0.15) is 0 Å². The molecule has 0 aromatic heterocycles. The molecule has 0 bridgehead atoms.